The predicted octanol–water partition coefficient (Wildman–Crippen LogP) is 2.63. The quantitative estimate of drug-likeness (QED) is 0.631. The molecule has 0 aliphatic carbocycles. The summed E-state index contributed by atoms with van der Waals surface area (Å²) in [4.78, 5) is 9.72. The molecule has 0 saturated heterocycles. The molecule has 0 aliphatic rings. The second-order valence-electron chi connectivity index (χ2n) is 3.32. The molecule has 0 radical (unpaired) electrons. The molecule has 0 amide bonds. The summed E-state index contributed by atoms with van der Waals surface area (Å²) in [5.74, 6) is 0. The summed E-state index contributed by atoms with van der Waals surface area (Å²) in [5.41, 5.74) is 3.85. The highest BCUT2D eigenvalue weighted by atomic mass is 19.4. The van der Waals surface area contributed by atoms with Crippen LogP contribution >= 0.6 is 0 Å². The highest BCUT2D eigenvalue weighted by molar-refractivity contribution is 5.45. The Hall–Kier alpha value is -1.63. The Morgan fingerprint density at radius 2 is 2.00 bits per heavy atom. The fourth-order valence-corrected chi connectivity index (χ4v) is 1.26. The van der Waals surface area contributed by atoms with Gasteiger partial charge in [-0.25, -0.2) is 0 Å². The Bertz CT molecular complexity index is 416. The van der Waals surface area contributed by atoms with Crippen molar-refractivity contribution in [1.82, 2.24) is 0 Å². The topological polar surface area (TPSA) is 69.2 Å². The van der Waals surface area contributed by atoms with Crippen LogP contribution in [0.5, 0.6) is 0 Å². The lowest BCUT2D eigenvalue weighted by Crippen LogP contribution is -2.11. The summed E-state index contributed by atoms with van der Waals surface area (Å²) in [7, 11) is 0. The van der Waals surface area contributed by atoms with E-state index < -0.39 is 28.4 Å². The molecule has 1 atom stereocenters. The molecule has 0 unspecified atom stereocenters. The molecular formula is C9H9F3N2O2. The van der Waals surface area contributed by atoms with Crippen molar-refractivity contribution in [2.45, 2.75) is 19.1 Å². The fourth-order valence-electron chi connectivity index (χ4n) is 1.26. The van der Waals surface area contributed by atoms with Gasteiger partial charge in [-0.3, -0.25) is 10.1 Å². The van der Waals surface area contributed by atoms with Crippen LogP contribution in [0.2, 0.25) is 0 Å². The maximum absolute atomic E-state index is 12.3. The number of alkyl halides is 3. The van der Waals surface area contributed by atoms with E-state index in [0.29, 0.717) is 6.07 Å². The molecule has 0 saturated carbocycles. The number of nitro groups is 1. The number of nitrogens with two attached hydrogens (primary N) is 1. The molecule has 2 N–H and O–H groups in total. The SMILES string of the molecule is C[C@H](N)c1ccc(C(F)(F)F)cc1[N+](=O)[O-]. The third-order valence-corrected chi connectivity index (χ3v) is 2.05. The molecule has 0 aliphatic heterocycles. The average molecular weight is 234 g/mol. The van der Waals surface area contributed by atoms with Gasteiger partial charge in [0.25, 0.3) is 5.69 Å². The minimum Gasteiger partial charge on any atom is -0.324 e. The zero-order valence-corrected chi connectivity index (χ0v) is 8.28. The van der Waals surface area contributed by atoms with Crippen molar-refractivity contribution in [3.63, 3.8) is 0 Å². The maximum atomic E-state index is 12.3. The summed E-state index contributed by atoms with van der Waals surface area (Å²) in [5, 5.41) is 10.6. The van der Waals surface area contributed by atoms with Gasteiger partial charge in [0.2, 0.25) is 0 Å². The first-order valence-corrected chi connectivity index (χ1v) is 4.34. The highest BCUT2D eigenvalue weighted by Gasteiger charge is 2.33. The van der Waals surface area contributed by atoms with Crippen molar-refractivity contribution in [2.24, 2.45) is 5.73 Å². The maximum Gasteiger partial charge on any atom is 0.416 e. The number of hydrogen-bond donors (Lipinski definition) is 1. The number of hydrogen-bond acceptors (Lipinski definition) is 3. The van der Waals surface area contributed by atoms with E-state index in [1.807, 2.05) is 0 Å². The largest absolute Gasteiger partial charge is 0.416 e. The summed E-state index contributed by atoms with van der Waals surface area (Å²) in [6.07, 6.45) is -4.60. The molecule has 0 heterocycles. The first-order valence-electron chi connectivity index (χ1n) is 4.34. The molecule has 16 heavy (non-hydrogen) atoms. The molecule has 4 nitrogen and oxygen atoms in total. The Morgan fingerprint density at radius 1 is 1.44 bits per heavy atom. The van der Waals surface area contributed by atoms with Gasteiger partial charge in [-0.1, -0.05) is 0 Å². The number of halogens is 3. The van der Waals surface area contributed by atoms with Crippen molar-refractivity contribution < 1.29 is 18.1 Å². The fraction of sp³-hybridized carbons (Fsp3) is 0.333. The summed E-state index contributed by atoms with van der Waals surface area (Å²) < 4.78 is 36.9. The van der Waals surface area contributed by atoms with Gasteiger partial charge in [0, 0.05) is 17.7 Å². The van der Waals surface area contributed by atoms with Crippen LogP contribution in [0.15, 0.2) is 18.2 Å². The lowest BCUT2D eigenvalue weighted by Gasteiger charge is -2.10. The average Bonchev–Trinajstić information content (AvgIpc) is 2.15. The van der Waals surface area contributed by atoms with Gasteiger partial charge in [0.15, 0.2) is 0 Å². The van der Waals surface area contributed by atoms with Crippen LogP contribution in [-0.4, -0.2) is 4.92 Å². The third-order valence-electron chi connectivity index (χ3n) is 2.05. The second kappa shape index (κ2) is 4.09. The molecule has 1 aromatic carbocycles. The molecule has 1 rings (SSSR count). The second-order valence-corrected chi connectivity index (χ2v) is 3.32. The zero-order valence-electron chi connectivity index (χ0n) is 8.28. The minimum atomic E-state index is -4.60. The summed E-state index contributed by atoms with van der Waals surface area (Å²) in [6.45, 7) is 1.47. The zero-order chi connectivity index (χ0) is 12.5. The van der Waals surface area contributed by atoms with E-state index in [4.69, 9.17) is 5.73 Å². The van der Waals surface area contributed by atoms with Gasteiger partial charge < -0.3 is 5.73 Å². The third kappa shape index (κ3) is 2.48. The lowest BCUT2D eigenvalue weighted by molar-refractivity contribution is -0.385. The Labute approximate surface area is 89.0 Å². The van der Waals surface area contributed by atoms with E-state index in [-0.39, 0.29) is 5.56 Å². The van der Waals surface area contributed by atoms with Crippen LogP contribution < -0.4 is 5.73 Å². The van der Waals surface area contributed by atoms with E-state index >= 15 is 0 Å². The van der Waals surface area contributed by atoms with Crippen LogP contribution in [0.1, 0.15) is 24.1 Å². The normalized spacial score (nSPS) is 13.6. The molecule has 0 aromatic heterocycles. The van der Waals surface area contributed by atoms with Crippen LogP contribution in [0.4, 0.5) is 18.9 Å². The van der Waals surface area contributed by atoms with E-state index in [1.165, 1.54) is 6.92 Å². The van der Waals surface area contributed by atoms with Gasteiger partial charge in [-0.15, -0.1) is 0 Å². The van der Waals surface area contributed by atoms with Crippen LogP contribution in [0.3, 0.4) is 0 Å². The van der Waals surface area contributed by atoms with Crippen LogP contribution in [-0.2, 0) is 6.18 Å². The highest BCUT2D eigenvalue weighted by Crippen LogP contribution is 2.34. The van der Waals surface area contributed by atoms with Crippen molar-refractivity contribution >= 4 is 5.69 Å². The Morgan fingerprint density at radius 3 is 2.38 bits per heavy atom. The van der Waals surface area contributed by atoms with E-state index in [9.17, 15) is 23.3 Å². The molecule has 0 spiro atoms. The first kappa shape index (κ1) is 12.4. The molecule has 7 heteroatoms. The van der Waals surface area contributed by atoms with Crippen molar-refractivity contribution in [3.8, 4) is 0 Å². The van der Waals surface area contributed by atoms with Gasteiger partial charge in [0.1, 0.15) is 0 Å². The first-order chi connectivity index (χ1) is 7.23. The molecule has 0 fully saturated rings. The van der Waals surface area contributed by atoms with Gasteiger partial charge >= 0.3 is 6.18 Å². The van der Waals surface area contributed by atoms with Crippen molar-refractivity contribution in [1.29, 1.82) is 0 Å². The Kier molecular flexibility index (Phi) is 3.18. The standard InChI is InChI=1S/C9H9F3N2O2/c1-5(13)7-3-2-6(9(10,11)12)4-8(7)14(15)16/h2-5H,13H2,1H3/t5-/m0/s1. The van der Waals surface area contributed by atoms with Gasteiger partial charge in [-0.05, 0) is 19.1 Å². The molecule has 88 valence electrons. The van der Waals surface area contributed by atoms with E-state index in [2.05, 4.69) is 0 Å². The summed E-state index contributed by atoms with van der Waals surface area (Å²) >= 11 is 0. The predicted molar refractivity (Wildman–Crippen MR) is 50.7 cm³/mol. The van der Waals surface area contributed by atoms with Gasteiger partial charge in [-0.2, -0.15) is 13.2 Å². The summed E-state index contributed by atoms with van der Waals surface area (Å²) in [6, 6.07) is 1.62. The lowest BCUT2D eigenvalue weighted by atomic mass is 10.0. The minimum absolute atomic E-state index is 0.0815. The monoisotopic (exact) mass is 234 g/mol. The molecular weight excluding hydrogens is 225 g/mol. The molecule has 0 bridgehead atoms. The van der Waals surface area contributed by atoms with Crippen LogP contribution in [0.25, 0.3) is 0 Å². The van der Waals surface area contributed by atoms with Crippen LogP contribution in [0, 0.1) is 10.1 Å². The Balaban J connectivity index is 3.34. The van der Waals surface area contributed by atoms with Gasteiger partial charge in [0.05, 0.1) is 10.5 Å². The van der Waals surface area contributed by atoms with E-state index in [1.54, 1.807) is 0 Å². The van der Waals surface area contributed by atoms with E-state index in [0.717, 1.165) is 12.1 Å². The number of benzene rings is 1. The number of rotatable bonds is 2. The smallest absolute Gasteiger partial charge is 0.324 e. The molecule has 1 aromatic rings. The van der Waals surface area contributed by atoms with Crippen molar-refractivity contribution in [2.75, 3.05) is 0 Å². The van der Waals surface area contributed by atoms with Crippen molar-refractivity contribution in [3.05, 3.63) is 39.4 Å². The number of nitrogens with zero attached hydrogens (tertiary/aromatic N) is 1. The number of nitro benzene ring substituents is 1.